The van der Waals surface area contributed by atoms with Crippen molar-refractivity contribution in [3.63, 3.8) is 0 Å². The fourth-order valence-electron chi connectivity index (χ4n) is 4.35. The first kappa shape index (κ1) is 21.1. The molecule has 0 atom stereocenters. The second-order valence-electron chi connectivity index (χ2n) is 8.24. The van der Waals surface area contributed by atoms with Crippen molar-refractivity contribution in [3.05, 3.63) is 66.1 Å². The number of nitrogens with zero attached hydrogens (tertiary/aromatic N) is 4. The van der Waals surface area contributed by atoms with E-state index in [0.717, 1.165) is 40.7 Å². The molecule has 0 saturated carbocycles. The lowest BCUT2D eigenvalue weighted by atomic mass is 9.99. The number of urea groups is 1. The molecule has 168 valence electrons. The third-order valence-electron chi connectivity index (χ3n) is 6.13. The molecule has 3 amide bonds. The molecular formula is C25H25N5O3. The lowest BCUT2D eigenvalue weighted by Gasteiger charge is -2.27. The van der Waals surface area contributed by atoms with Crippen LogP contribution in [0.5, 0.6) is 0 Å². The van der Waals surface area contributed by atoms with Crippen molar-refractivity contribution in [1.82, 2.24) is 14.9 Å². The van der Waals surface area contributed by atoms with E-state index >= 15 is 0 Å². The zero-order valence-corrected chi connectivity index (χ0v) is 18.2. The summed E-state index contributed by atoms with van der Waals surface area (Å²) in [6, 6.07) is 11.3. The number of aromatic nitrogens is 2. The van der Waals surface area contributed by atoms with Gasteiger partial charge in [-0.05, 0) is 48.2 Å². The normalized spacial score (nSPS) is 15.8. The molecule has 2 N–H and O–H groups in total. The Kier molecular flexibility index (Phi) is 5.75. The van der Waals surface area contributed by atoms with Gasteiger partial charge in [-0.1, -0.05) is 12.1 Å². The van der Waals surface area contributed by atoms with Crippen LogP contribution in [0.2, 0.25) is 0 Å². The summed E-state index contributed by atoms with van der Waals surface area (Å²) in [5, 5.41) is 0. The average molecular weight is 444 g/mol. The summed E-state index contributed by atoms with van der Waals surface area (Å²) in [5.74, 6) is 0.670. The molecule has 0 spiro atoms. The number of primary amides is 1. The number of aryl methyl sites for hydroxylation is 1. The number of pyridine rings is 2. The minimum atomic E-state index is -0.476. The zero-order valence-electron chi connectivity index (χ0n) is 18.2. The summed E-state index contributed by atoms with van der Waals surface area (Å²) < 4.78 is 5.33. The Labute approximate surface area is 192 Å². The number of hydrogen-bond donors (Lipinski definition) is 1. The molecule has 5 rings (SSSR count). The van der Waals surface area contributed by atoms with Gasteiger partial charge in [0, 0.05) is 60.5 Å². The van der Waals surface area contributed by atoms with Gasteiger partial charge in [0.1, 0.15) is 5.82 Å². The third kappa shape index (κ3) is 4.29. The highest BCUT2D eigenvalue weighted by Crippen LogP contribution is 2.31. The summed E-state index contributed by atoms with van der Waals surface area (Å²) in [4.78, 5) is 36.7. The minimum absolute atomic E-state index is 0.0295. The molecule has 8 nitrogen and oxygen atoms in total. The van der Waals surface area contributed by atoms with Gasteiger partial charge in [-0.3, -0.25) is 14.7 Å². The van der Waals surface area contributed by atoms with Gasteiger partial charge in [-0.2, -0.15) is 0 Å². The van der Waals surface area contributed by atoms with Crippen molar-refractivity contribution >= 4 is 17.8 Å². The van der Waals surface area contributed by atoms with Gasteiger partial charge in [-0.25, -0.2) is 9.78 Å². The Morgan fingerprint density at radius 2 is 1.58 bits per heavy atom. The van der Waals surface area contributed by atoms with Gasteiger partial charge in [-0.15, -0.1) is 0 Å². The fourth-order valence-corrected chi connectivity index (χ4v) is 4.35. The highest BCUT2D eigenvalue weighted by atomic mass is 16.5. The molecule has 2 aliphatic heterocycles. The van der Waals surface area contributed by atoms with Crippen LogP contribution in [0.15, 0.2) is 55.0 Å². The number of carbonyl (C=O) groups excluding carboxylic acids is 2. The largest absolute Gasteiger partial charge is 0.378 e. The number of morpholine rings is 1. The summed E-state index contributed by atoms with van der Waals surface area (Å²) in [5.41, 5.74) is 11.0. The van der Waals surface area contributed by atoms with E-state index in [1.54, 1.807) is 12.4 Å². The maximum Gasteiger partial charge on any atom is 0.320 e. The molecule has 33 heavy (non-hydrogen) atoms. The van der Waals surface area contributed by atoms with E-state index in [-0.39, 0.29) is 5.91 Å². The van der Waals surface area contributed by atoms with E-state index in [0.29, 0.717) is 44.2 Å². The number of benzene rings is 1. The van der Waals surface area contributed by atoms with Crippen molar-refractivity contribution in [2.75, 3.05) is 37.7 Å². The maximum absolute atomic E-state index is 12.7. The van der Waals surface area contributed by atoms with Gasteiger partial charge >= 0.3 is 6.03 Å². The number of nitrogens with two attached hydrogens (primary N) is 1. The standard InChI is InChI=1S/C25H25N5O3/c26-25(32)30-7-1-2-19-12-22(16-28-23(19)30)21-13-20(14-27-15-21)17-3-5-18(6-4-17)24(31)29-8-10-33-11-9-29/h3-6,12-16H,1-2,7-11H2,(H2,26,32). The van der Waals surface area contributed by atoms with Gasteiger partial charge in [0.25, 0.3) is 5.91 Å². The second-order valence-corrected chi connectivity index (χ2v) is 8.24. The van der Waals surface area contributed by atoms with Crippen LogP contribution in [0.25, 0.3) is 22.3 Å². The quantitative estimate of drug-likeness (QED) is 0.670. The molecule has 2 aliphatic rings. The van der Waals surface area contributed by atoms with Crippen LogP contribution in [0.1, 0.15) is 22.3 Å². The Morgan fingerprint density at radius 3 is 2.30 bits per heavy atom. The first-order valence-electron chi connectivity index (χ1n) is 11.1. The summed E-state index contributed by atoms with van der Waals surface area (Å²) in [6.07, 6.45) is 7.08. The number of hydrogen-bond acceptors (Lipinski definition) is 5. The number of anilines is 1. The lowest BCUT2D eigenvalue weighted by molar-refractivity contribution is 0.0303. The molecule has 1 saturated heterocycles. The van der Waals surface area contributed by atoms with Crippen molar-refractivity contribution in [2.45, 2.75) is 12.8 Å². The molecular weight excluding hydrogens is 418 g/mol. The molecule has 3 aromatic rings. The first-order chi connectivity index (χ1) is 16.1. The highest BCUT2D eigenvalue weighted by molar-refractivity contribution is 5.95. The molecule has 2 aromatic heterocycles. The van der Waals surface area contributed by atoms with Gasteiger partial charge in [0.15, 0.2) is 0 Å². The van der Waals surface area contributed by atoms with E-state index in [2.05, 4.69) is 22.1 Å². The molecule has 0 radical (unpaired) electrons. The van der Waals surface area contributed by atoms with E-state index in [1.165, 1.54) is 4.90 Å². The predicted octanol–water partition coefficient (Wildman–Crippen LogP) is 3.11. The zero-order chi connectivity index (χ0) is 22.8. The van der Waals surface area contributed by atoms with Gasteiger partial charge in [0.2, 0.25) is 0 Å². The SMILES string of the molecule is NC(=O)N1CCCc2cc(-c3cncc(-c4ccc(C(=O)N5CCOCC5)cc4)c3)cnc21. The maximum atomic E-state index is 12.7. The number of amides is 3. The predicted molar refractivity (Wildman–Crippen MR) is 125 cm³/mol. The van der Waals surface area contributed by atoms with Crippen molar-refractivity contribution in [2.24, 2.45) is 5.73 Å². The van der Waals surface area contributed by atoms with E-state index < -0.39 is 6.03 Å². The van der Waals surface area contributed by atoms with Crippen molar-refractivity contribution in [3.8, 4) is 22.3 Å². The van der Waals surface area contributed by atoms with E-state index in [9.17, 15) is 9.59 Å². The minimum Gasteiger partial charge on any atom is -0.378 e. The van der Waals surface area contributed by atoms with Crippen LogP contribution in [-0.2, 0) is 11.2 Å². The van der Waals surface area contributed by atoms with Crippen LogP contribution in [0.4, 0.5) is 10.6 Å². The lowest BCUT2D eigenvalue weighted by Crippen LogP contribution is -2.40. The second kappa shape index (κ2) is 8.99. The molecule has 4 heterocycles. The fraction of sp³-hybridized carbons (Fsp3) is 0.280. The number of carbonyl (C=O) groups is 2. The average Bonchev–Trinajstić information content (AvgIpc) is 2.88. The molecule has 0 unspecified atom stereocenters. The van der Waals surface area contributed by atoms with E-state index in [4.69, 9.17) is 10.5 Å². The number of rotatable bonds is 3. The third-order valence-corrected chi connectivity index (χ3v) is 6.13. The van der Waals surface area contributed by atoms with Gasteiger partial charge in [0.05, 0.1) is 13.2 Å². The Morgan fingerprint density at radius 1 is 0.879 bits per heavy atom. The van der Waals surface area contributed by atoms with Crippen LogP contribution in [-0.4, -0.2) is 59.7 Å². The molecule has 1 aromatic carbocycles. The van der Waals surface area contributed by atoms with Crippen molar-refractivity contribution in [1.29, 1.82) is 0 Å². The first-order valence-corrected chi connectivity index (χ1v) is 11.1. The topological polar surface area (TPSA) is 102 Å². The molecule has 0 aliphatic carbocycles. The smallest absolute Gasteiger partial charge is 0.320 e. The molecule has 1 fully saturated rings. The van der Waals surface area contributed by atoms with Gasteiger partial charge < -0.3 is 15.4 Å². The van der Waals surface area contributed by atoms with Crippen LogP contribution < -0.4 is 10.6 Å². The molecule has 8 heteroatoms. The number of fused-ring (bicyclic) bond motifs is 1. The Bertz CT molecular complexity index is 1190. The Balaban J connectivity index is 1.38. The van der Waals surface area contributed by atoms with E-state index in [1.807, 2.05) is 35.4 Å². The van der Waals surface area contributed by atoms with Crippen LogP contribution >= 0.6 is 0 Å². The summed E-state index contributed by atoms with van der Waals surface area (Å²) in [6.45, 7) is 3.01. The van der Waals surface area contributed by atoms with Crippen molar-refractivity contribution < 1.29 is 14.3 Å². The molecule has 0 bridgehead atoms. The monoisotopic (exact) mass is 443 g/mol. The summed E-state index contributed by atoms with van der Waals surface area (Å²) in [7, 11) is 0. The summed E-state index contributed by atoms with van der Waals surface area (Å²) >= 11 is 0. The van der Waals surface area contributed by atoms with Crippen LogP contribution in [0.3, 0.4) is 0 Å². The number of ether oxygens (including phenoxy) is 1. The highest BCUT2D eigenvalue weighted by Gasteiger charge is 2.22. The van der Waals surface area contributed by atoms with Crippen LogP contribution in [0, 0.1) is 0 Å². The Hall–Kier alpha value is -3.78.